The third-order valence-electron chi connectivity index (χ3n) is 2.29. The number of aromatic nitrogens is 1. The van der Waals surface area contributed by atoms with Gasteiger partial charge >= 0.3 is 5.97 Å². The number of hydrogen-bond donors (Lipinski definition) is 0. The van der Waals surface area contributed by atoms with Gasteiger partial charge in [-0.25, -0.2) is 9.78 Å². The minimum absolute atomic E-state index is 0.354. The van der Waals surface area contributed by atoms with Gasteiger partial charge in [0, 0.05) is 4.47 Å². The standard InChI is InChI=1S/C13H12BrNO2S/c1-3-17-13(16)11-12(18-8(2)15-11)9-5-4-6-10(14)7-9/h4-7H,3H2,1-2H3. The van der Waals surface area contributed by atoms with Crippen LogP contribution in [0.15, 0.2) is 28.7 Å². The molecule has 5 heteroatoms. The van der Waals surface area contributed by atoms with Crippen molar-refractivity contribution in [3.8, 4) is 10.4 Å². The summed E-state index contributed by atoms with van der Waals surface area (Å²) in [6.45, 7) is 4.03. The zero-order valence-corrected chi connectivity index (χ0v) is 12.5. The van der Waals surface area contributed by atoms with E-state index in [4.69, 9.17) is 4.74 Å². The fraction of sp³-hybridized carbons (Fsp3) is 0.231. The molecule has 0 bridgehead atoms. The van der Waals surface area contributed by atoms with E-state index in [0.717, 1.165) is 19.9 Å². The number of ether oxygens (including phenoxy) is 1. The number of aryl methyl sites for hydroxylation is 1. The summed E-state index contributed by atoms with van der Waals surface area (Å²) < 4.78 is 6.00. The van der Waals surface area contributed by atoms with Crippen molar-refractivity contribution in [3.63, 3.8) is 0 Å². The lowest BCUT2D eigenvalue weighted by atomic mass is 10.1. The van der Waals surface area contributed by atoms with E-state index in [1.807, 2.05) is 31.2 Å². The van der Waals surface area contributed by atoms with E-state index < -0.39 is 0 Å². The molecule has 0 amide bonds. The van der Waals surface area contributed by atoms with Crippen LogP contribution in [0.1, 0.15) is 22.4 Å². The first kappa shape index (κ1) is 13.2. The Morgan fingerprint density at radius 1 is 1.50 bits per heavy atom. The van der Waals surface area contributed by atoms with Crippen molar-refractivity contribution in [3.05, 3.63) is 39.4 Å². The number of halogens is 1. The molecule has 0 atom stereocenters. The first-order valence-electron chi connectivity index (χ1n) is 5.52. The molecular formula is C13H12BrNO2S. The van der Waals surface area contributed by atoms with Crippen LogP contribution >= 0.6 is 27.3 Å². The summed E-state index contributed by atoms with van der Waals surface area (Å²) in [6.07, 6.45) is 0. The molecule has 18 heavy (non-hydrogen) atoms. The van der Waals surface area contributed by atoms with Crippen LogP contribution in [0.3, 0.4) is 0 Å². The fourth-order valence-electron chi connectivity index (χ4n) is 1.59. The summed E-state index contributed by atoms with van der Waals surface area (Å²) in [4.78, 5) is 17.0. The average molecular weight is 326 g/mol. The number of carbonyl (C=O) groups excluding carboxylic acids is 1. The summed E-state index contributed by atoms with van der Waals surface area (Å²) in [5, 5.41) is 0.855. The topological polar surface area (TPSA) is 39.2 Å². The molecule has 0 aliphatic heterocycles. The maximum absolute atomic E-state index is 11.8. The van der Waals surface area contributed by atoms with E-state index in [0.29, 0.717) is 12.3 Å². The number of esters is 1. The summed E-state index contributed by atoms with van der Waals surface area (Å²) in [7, 11) is 0. The van der Waals surface area contributed by atoms with Gasteiger partial charge in [0.25, 0.3) is 0 Å². The van der Waals surface area contributed by atoms with Crippen molar-refractivity contribution in [2.45, 2.75) is 13.8 Å². The largest absolute Gasteiger partial charge is 0.461 e. The molecule has 0 N–H and O–H groups in total. The maximum Gasteiger partial charge on any atom is 0.358 e. The van der Waals surface area contributed by atoms with Gasteiger partial charge in [0.15, 0.2) is 5.69 Å². The van der Waals surface area contributed by atoms with Gasteiger partial charge in [-0.3, -0.25) is 0 Å². The molecule has 0 unspecified atom stereocenters. The molecule has 2 aromatic rings. The highest BCUT2D eigenvalue weighted by molar-refractivity contribution is 9.10. The number of thiazole rings is 1. The van der Waals surface area contributed by atoms with Gasteiger partial charge in [0.05, 0.1) is 16.5 Å². The van der Waals surface area contributed by atoms with Crippen LogP contribution in [-0.2, 0) is 4.74 Å². The average Bonchev–Trinajstić information content (AvgIpc) is 2.72. The van der Waals surface area contributed by atoms with Crippen molar-refractivity contribution >= 4 is 33.2 Å². The van der Waals surface area contributed by atoms with E-state index in [-0.39, 0.29) is 5.97 Å². The SMILES string of the molecule is CCOC(=O)c1nc(C)sc1-c1cccc(Br)c1. The maximum atomic E-state index is 11.8. The molecule has 0 saturated heterocycles. The lowest BCUT2D eigenvalue weighted by Crippen LogP contribution is -2.06. The van der Waals surface area contributed by atoms with E-state index in [1.165, 1.54) is 11.3 Å². The smallest absolute Gasteiger partial charge is 0.358 e. The molecule has 3 nitrogen and oxygen atoms in total. The Morgan fingerprint density at radius 3 is 2.94 bits per heavy atom. The van der Waals surface area contributed by atoms with Crippen LogP contribution in [0, 0.1) is 6.92 Å². The lowest BCUT2D eigenvalue weighted by molar-refractivity contribution is 0.0521. The van der Waals surface area contributed by atoms with Gasteiger partial charge in [0.2, 0.25) is 0 Å². The highest BCUT2D eigenvalue weighted by atomic mass is 79.9. The second-order valence-corrected chi connectivity index (χ2v) is 5.76. The van der Waals surface area contributed by atoms with Crippen LogP contribution in [0.4, 0.5) is 0 Å². The predicted molar refractivity (Wildman–Crippen MR) is 75.9 cm³/mol. The van der Waals surface area contributed by atoms with Gasteiger partial charge in [-0.15, -0.1) is 11.3 Å². The Morgan fingerprint density at radius 2 is 2.28 bits per heavy atom. The van der Waals surface area contributed by atoms with Crippen molar-refractivity contribution in [1.82, 2.24) is 4.98 Å². The highest BCUT2D eigenvalue weighted by Crippen LogP contribution is 2.32. The fourth-order valence-corrected chi connectivity index (χ4v) is 2.89. The van der Waals surface area contributed by atoms with Crippen molar-refractivity contribution in [1.29, 1.82) is 0 Å². The number of nitrogens with zero attached hydrogens (tertiary/aromatic N) is 1. The summed E-state index contributed by atoms with van der Waals surface area (Å²) in [6, 6.07) is 7.81. The Labute approximate surface area is 118 Å². The van der Waals surface area contributed by atoms with Gasteiger partial charge < -0.3 is 4.74 Å². The van der Waals surface area contributed by atoms with Gasteiger partial charge in [-0.05, 0) is 31.5 Å². The molecule has 1 heterocycles. The molecule has 0 saturated carbocycles. The van der Waals surface area contributed by atoms with Gasteiger partial charge in [-0.2, -0.15) is 0 Å². The first-order valence-corrected chi connectivity index (χ1v) is 7.13. The molecule has 1 aromatic heterocycles. The Kier molecular flexibility index (Phi) is 4.14. The zero-order valence-electron chi connectivity index (χ0n) is 10.1. The Bertz CT molecular complexity index is 580. The van der Waals surface area contributed by atoms with Crippen molar-refractivity contribution < 1.29 is 9.53 Å². The lowest BCUT2D eigenvalue weighted by Gasteiger charge is -2.02. The van der Waals surface area contributed by atoms with Crippen LogP contribution in [0.2, 0.25) is 0 Å². The number of rotatable bonds is 3. The van der Waals surface area contributed by atoms with Gasteiger partial charge in [0.1, 0.15) is 0 Å². The summed E-state index contributed by atoms with van der Waals surface area (Å²) in [5.41, 5.74) is 1.37. The minimum Gasteiger partial charge on any atom is -0.461 e. The second-order valence-electron chi connectivity index (χ2n) is 3.64. The molecule has 0 aliphatic carbocycles. The number of benzene rings is 1. The summed E-state index contributed by atoms with van der Waals surface area (Å²) >= 11 is 4.92. The Balaban J connectivity index is 2.47. The zero-order chi connectivity index (χ0) is 13.1. The van der Waals surface area contributed by atoms with E-state index in [1.54, 1.807) is 6.92 Å². The molecule has 0 aliphatic rings. The molecular weight excluding hydrogens is 314 g/mol. The van der Waals surface area contributed by atoms with Gasteiger partial charge in [-0.1, -0.05) is 28.1 Å². The number of hydrogen-bond acceptors (Lipinski definition) is 4. The monoisotopic (exact) mass is 325 g/mol. The quantitative estimate of drug-likeness (QED) is 0.799. The molecule has 0 fully saturated rings. The predicted octanol–water partition coefficient (Wildman–Crippen LogP) is 4.06. The third-order valence-corrected chi connectivity index (χ3v) is 3.80. The third kappa shape index (κ3) is 2.79. The van der Waals surface area contributed by atoms with Crippen LogP contribution < -0.4 is 0 Å². The normalized spacial score (nSPS) is 10.4. The van der Waals surface area contributed by atoms with Crippen molar-refractivity contribution in [2.75, 3.05) is 6.61 Å². The minimum atomic E-state index is -0.364. The summed E-state index contributed by atoms with van der Waals surface area (Å²) in [5.74, 6) is -0.364. The first-order chi connectivity index (χ1) is 8.61. The van der Waals surface area contributed by atoms with E-state index in [2.05, 4.69) is 20.9 Å². The highest BCUT2D eigenvalue weighted by Gasteiger charge is 2.19. The molecule has 94 valence electrons. The van der Waals surface area contributed by atoms with E-state index in [9.17, 15) is 4.79 Å². The second kappa shape index (κ2) is 5.63. The number of carbonyl (C=O) groups is 1. The van der Waals surface area contributed by atoms with E-state index >= 15 is 0 Å². The molecule has 0 radical (unpaired) electrons. The van der Waals surface area contributed by atoms with Crippen LogP contribution in [-0.4, -0.2) is 17.6 Å². The van der Waals surface area contributed by atoms with Crippen molar-refractivity contribution in [2.24, 2.45) is 0 Å². The molecule has 0 spiro atoms. The Hall–Kier alpha value is -1.20. The van der Waals surface area contributed by atoms with Crippen LogP contribution in [0.25, 0.3) is 10.4 Å². The van der Waals surface area contributed by atoms with Crippen LogP contribution in [0.5, 0.6) is 0 Å². The molecule has 1 aromatic carbocycles. The molecule has 2 rings (SSSR count).